The van der Waals surface area contributed by atoms with Crippen LogP contribution in [0, 0.1) is 5.41 Å². The van der Waals surface area contributed by atoms with E-state index >= 15 is 0 Å². The number of piperazine rings is 1. The van der Waals surface area contributed by atoms with Gasteiger partial charge in [-0.15, -0.1) is 0 Å². The quantitative estimate of drug-likeness (QED) is 0.685. The molecule has 0 aromatic rings. The van der Waals surface area contributed by atoms with E-state index in [2.05, 4.69) is 0 Å². The SMILES string of the molecule is CC(OS(=O)(=O)C(C)(C)CC(C)(C)C)[C@H]1CN(C(=O)O)CCN1C(=O)O. The molecule has 0 bridgehead atoms. The molecular weight excluding hydrogens is 364 g/mol. The van der Waals surface area contributed by atoms with Crippen LogP contribution in [0.15, 0.2) is 0 Å². The second-order valence-electron chi connectivity index (χ2n) is 8.52. The van der Waals surface area contributed by atoms with Crippen molar-refractivity contribution in [2.45, 2.75) is 64.9 Å². The van der Waals surface area contributed by atoms with Gasteiger partial charge in [0.2, 0.25) is 0 Å². The number of carbonyl (C=O) groups is 2. The number of rotatable bonds is 5. The van der Waals surface area contributed by atoms with Crippen LogP contribution in [-0.4, -0.2) is 77.1 Å². The Hall–Kier alpha value is -1.55. The Bertz CT molecular complexity index is 639. The molecule has 1 rings (SSSR count). The Morgan fingerprint density at radius 2 is 1.65 bits per heavy atom. The zero-order valence-corrected chi connectivity index (χ0v) is 17.0. The molecule has 2 atom stereocenters. The van der Waals surface area contributed by atoms with Crippen molar-refractivity contribution >= 4 is 22.3 Å². The van der Waals surface area contributed by atoms with E-state index < -0.39 is 39.2 Å². The third kappa shape index (κ3) is 5.47. The highest BCUT2D eigenvalue weighted by atomic mass is 32.2. The van der Waals surface area contributed by atoms with Crippen LogP contribution in [0.1, 0.15) is 48.0 Å². The summed E-state index contributed by atoms with van der Waals surface area (Å²) < 4.78 is 29.7. The number of amides is 2. The molecule has 1 saturated heterocycles. The molecule has 0 spiro atoms. The summed E-state index contributed by atoms with van der Waals surface area (Å²) in [5.41, 5.74) is -0.249. The fourth-order valence-electron chi connectivity index (χ4n) is 3.38. The van der Waals surface area contributed by atoms with E-state index in [4.69, 9.17) is 9.29 Å². The van der Waals surface area contributed by atoms with Gasteiger partial charge in [-0.25, -0.2) is 9.59 Å². The Morgan fingerprint density at radius 3 is 2.08 bits per heavy atom. The Morgan fingerprint density at radius 1 is 1.12 bits per heavy atom. The topological polar surface area (TPSA) is 124 Å². The zero-order valence-electron chi connectivity index (χ0n) is 16.2. The first-order chi connectivity index (χ1) is 11.6. The summed E-state index contributed by atoms with van der Waals surface area (Å²) in [6, 6.07) is -0.905. The first-order valence-corrected chi connectivity index (χ1v) is 9.88. The van der Waals surface area contributed by atoms with Crippen LogP contribution in [0.25, 0.3) is 0 Å². The molecule has 1 fully saturated rings. The zero-order chi connectivity index (χ0) is 20.5. The van der Waals surface area contributed by atoms with Crippen molar-refractivity contribution in [2.75, 3.05) is 19.6 Å². The average Bonchev–Trinajstić information content (AvgIpc) is 2.43. The standard InChI is InChI=1S/C16H30N2O7S/c1-11(25-26(23,24)16(5,6)10-15(2,3)4)12-9-17(13(19)20)7-8-18(12)14(21)22/h11-12H,7-10H2,1-6H3,(H,19,20)(H,21,22)/t11?,12-/m1/s1. The fraction of sp³-hybridized carbons (Fsp3) is 0.875. The molecule has 2 amide bonds. The highest BCUT2D eigenvalue weighted by Crippen LogP contribution is 2.34. The van der Waals surface area contributed by atoms with Crippen LogP contribution in [0.2, 0.25) is 0 Å². The highest BCUT2D eigenvalue weighted by Gasteiger charge is 2.43. The normalized spacial score (nSPS) is 20.8. The predicted octanol–water partition coefficient (Wildman–Crippen LogP) is 2.28. The Labute approximate surface area is 155 Å². The lowest BCUT2D eigenvalue weighted by Gasteiger charge is -2.41. The van der Waals surface area contributed by atoms with Gasteiger partial charge >= 0.3 is 12.2 Å². The minimum Gasteiger partial charge on any atom is -0.465 e. The van der Waals surface area contributed by atoms with Crippen molar-refractivity contribution in [3.05, 3.63) is 0 Å². The van der Waals surface area contributed by atoms with Gasteiger partial charge < -0.3 is 15.1 Å². The van der Waals surface area contributed by atoms with E-state index in [9.17, 15) is 23.1 Å². The van der Waals surface area contributed by atoms with E-state index in [-0.39, 0.29) is 25.0 Å². The minimum atomic E-state index is -4.01. The summed E-state index contributed by atoms with van der Waals surface area (Å²) in [6.07, 6.45) is -3.08. The second kappa shape index (κ2) is 7.59. The molecule has 0 aliphatic carbocycles. The molecule has 152 valence electrons. The van der Waals surface area contributed by atoms with Crippen molar-refractivity contribution in [2.24, 2.45) is 5.41 Å². The number of hydrogen-bond acceptors (Lipinski definition) is 5. The van der Waals surface area contributed by atoms with Gasteiger partial charge in [-0.3, -0.25) is 9.08 Å². The molecule has 0 aromatic carbocycles. The maximum Gasteiger partial charge on any atom is 0.407 e. The number of hydrogen-bond donors (Lipinski definition) is 2. The summed E-state index contributed by atoms with van der Waals surface area (Å²) >= 11 is 0. The molecule has 9 nitrogen and oxygen atoms in total. The van der Waals surface area contributed by atoms with Gasteiger partial charge in [-0.1, -0.05) is 20.8 Å². The van der Waals surface area contributed by atoms with Gasteiger partial charge in [0.25, 0.3) is 10.1 Å². The van der Waals surface area contributed by atoms with Crippen molar-refractivity contribution in [3.63, 3.8) is 0 Å². The molecule has 2 N–H and O–H groups in total. The minimum absolute atomic E-state index is 0.0348. The number of nitrogens with zero attached hydrogens (tertiary/aromatic N) is 2. The average molecular weight is 394 g/mol. The van der Waals surface area contributed by atoms with Gasteiger partial charge in [0.05, 0.1) is 16.9 Å². The molecular formula is C16H30N2O7S. The van der Waals surface area contributed by atoms with Crippen LogP contribution in [0.4, 0.5) is 9.59 Å². The highest BCUT2D eigenvalue weighted by molar-refractivity contribution is 7.88. The van der Waals surface area contributed by atoms with Crippen molar-refractivity contribution in [1.29, 1.82) is 0 Å². The lowest BCUT2D eigenvalue weighted by Crippen LogP contribution is -2.60. The molecule has 10 heteroatoms. The van der Waals surface area contributed by atoms with Crippen LogP contribution in [-0.2, 0) is 14.3 Å². The van der Waals surface area contributed by atoms with E-state index in [0.717, 1.165) is 9.80 Å². The van der Waals surface area contributed by atoms with E-state index in [1.165, 1.54) is 6.92 Å². The van der Waals surface area contributed by atoms with E-state index in [0.29, 0.717) is 6.42 Å². The fourth-order valence-corrected chi connectivity index (χ4v) is 4.78. The summed E-state index contributed by atoms with van der Waals surface area (Å²) in [5, 5.41) is 18.5. The first kappa shape index (κ1) is 22.5. The second-order valence-corrected chi connectivity index (χ2v) is 10.7. The van der Waals surface area contributed by atoms with Crippen LogP contribution >= 0.6 is 0 Å². The molecule has 1 aliphatic rings. The van der Waals surface area contributed by atoms with Gasteiger partial charge in [-0.05, 0) is 32.6 Å². The first-order valence-electron chi connectivity index (χ1n) is 8.48. The third-order valence-corrected chi connectivity index (χ3v) is 6.44. The predicted molar refractivity (Wildman–Crippen MR) is 95.7 cm³/mol. The van der Waals surface area contributed by atoms with Gasteiger partial charge in [0.1, 0.15) is 0 Å². The third-order valence-electron chi connectivity index (χ3n) is 4.39. The molecule has 0 saturated carbocycles. The number of carboxylic acid groups (broad SMARTS) is 2. The summed E-state index contributed by atoms with van der Waals surface area (Å²) in [6.45, 7) is 10.2. The summed E-state index contributed by atoms with van der Waals surface area (Å²) in [7, 11) is -4.01. The van der Waals surface area contributed by atoms with E-state index in [1.807, 2.05) is 20.8 Å². The molecule has 1 heterocycles. The van der Waals surface area contributed by atoms with E-state index in [1.54, 1.807) is 13.8 Å². The van der Waals surface area contributed by atoms with Crippen molar-refractivity contribution in [3.8, 4) is 0 Å². The maximum atomic E-state index is 12.8. The molecule has 1 unspecified atom stereocenters. The summed E-state index contributed by atoms with van der Waals surface area (Å²) in [5.74, 6) is 0. The maximum absolute atomic E-state index is 12.8. The lowest BCUT2D eigenvalue weighted by molar-refractivity contribution is 0.0206. The van der Waals surface area contributed by atoms with Crippen LogP contribution in [0.5, 0.6) is 0 Å². The molecule has 0 radical (unpaired) electrons. The Balaban J connectivity index is 3.02. The smallest absolute Gasteiger partial charge is 0.407 e. The van der Waals surface area contributed by atoms with Crippen LogP contribution < -0.4 is 0 Å². The van der Waals surface area contributed by atoms with Crippen molar-refractivity contribution in [1.82, 2.24) is 9.80 Å². The lowest BCUT2D eigenvalue weighted by atomic mass is 9.86. The monoisotopic (exact) mass is 394 g/mol. The summed E-state index contributed by atoms with van der Waals surface area (Å²) in [4.78, 5) is 24.8. The molecule has 0 aromatic heterocycles. The largest absolute Gasteiger partial charge is 0.465 e. The molecule has 26 heavy (non-hydrogen) atoms. The van der Waals surface area contributed by atoms with Gasteiger partial charge in [0.15, 0.2) is 0 Å². The van der Waals surface area contributed by atoms with Gasteiger partial charge in [0, 0.05) is 19.6 Å². The van der Waals surface area contributed by atoms with Crippen molar-refractivity contribution < 1.29 is 32.4 Å². The van der Waals surface area contributed by atoms with Crippen LogP contribution in [0.3, 0.4) is 0 Å². The van der Waals surface area contributed by atoms with Gasteiger partial charge in [-0.2, -0.15) is 8.42 Å². The Kier molecular flexibility index (Phi) is 6.57. The molecule has 1 aliphatic heterocycles.